The van der Waals surface area contributed by atoms with Gasteiger partial charge in [0.25, 0.3) is 0 Å². The summed E-state index contributed by atoms with van der Waals surface area (Å²) >= 11 is 1.44. The van der Waals surface area contributed by atoms with Crippen LogP contribution in [-0.2, 0) is 4.79 Å². The molecule has 3 aromatic rings. The number of nitrogens with one attached hydrogen (secondary N) is 1. The second kappa shape index (κ2) is 5.96. The van der Waals surface area contributed by atoms with Gasteiger partial charge in [-0.25, -0.2) is 0 Å². The number of rotatable bonds is 4. The molecule has 0 saturated carbocycles. The second-order valence-corrected chi connectivity index (χ2v) is 6.36. The molecule has 0 radical (unpaired) electrons. The zero-order chi connectivity index (χ0) is 16.6. The topological polar surface area (TPSA) is 81.4 Å². The van der Waals surface area contributed by atoms with E-state index in [1.807, 2.05) is 39.0 Å². The molecule has 0 fully saturated rings. The highest BCUT2D eigenvalue weighted by Crippen LogP contribution is 2.33. The number of fused-ring (bicyclic) bond motifs is 1. The Hall–Kier alpha value is -2.48. The number of hydrogen-bond donors (Lipinski definition) is 1. The van der Waals surface area contributed by atoms with Crippen LogP contribution < -0.4 is 10.1 Å². The predicted octanol–water partition coefficient (Wildman–Crippen LogP) is 2.76. The summed E-state index contributed by atoms with van der Waals surface area (Å²) < 4.78 is 7.03. The molecule has 0 saturated heterocycles. The lowest BCUT2D eigenvalue weighted by atomic mass is 10.1. The summed E-state index contributed by atoms with van der Waals surface area (Å²) in [6, 6.07) is 5.59. The second-order valence-electron chi connectivity index (χ2n) is 5.41. The molecule has 0 atom stereocenters. The fourth-order valence-electron chi connectivity index (χ4n) is 2.05. The van der Waals surface area contributed by atoms with Crippen molar-refractivity contribution in [3.63, 3.8) is 0 Å². The Labute approximate surface area is 137 Å². The molecule has 0 bridgehead atoms. The number of nitrogens with zero attached hydrogens (tertiary/aromatic N) is 4. The third-order valence-corrected chi connectivity index (χ3v) is 4.32. The van der Waals surface area contributed by atoms with Crippen LogP contribution in [0.5, 0.6) is 5.75 Å². The van der Waals surface area contributed by atoms with Gasteiger partial charge in [0.1, 0.15) is 10.8 Å². The van der Waals surface area contributed by atoms with Gasteiger partial charge in [0.15, 0.2) is 5.82 Å². The molecule has 0 aliphatic rings. The van der Waals surface area contributed by atoms with Crippen molar-refractivity contribution in [3.05, 3.63) is 24.0 Å². The third kappa shape index (κ3) is 2.89. The van der Waals surface area contributed by atoms with Crippen LogP contribution in [0.4, 0.5) is 5.69 Å². The minimum Gasteiger partial charge on any atom is -0.495 e. The highest BCUT2D eigenvalue weighted by Gasteiger charge is 2.15. The van der Waals surface area contributed by atoms with E-state index in [0.717, 1.165) is 21.4 Å². The largest absolute Gasteiger partial charge is 0.495 e. The molecule has 1 aromatic carbocycles. The minimum atomic E-state index is -0.111. The highest BCUT2D eigenvalue weighted by molar-refractivity contribution is 7.19. The van der Waals surface area contributed by atoms with Gasteiger partial charge in [-0.15, -0.1) is 10.2 Å². The molecular formula is C15H17N5O2S. The Balaban J connectivity index is 2.00. The molecule has 2 aromatic heterocycles. The summed E-state index contributed by atoms with van der Waals surface area (Å²) in [6.07, 6.45) is 0. The van der Waals surface area contributed by atoms with Crippen molar-refractivity contribution in [1.82, 2.24) is 19.8 Å². The summed E-state index contributed by atoms with van der Waals surface area (Å²) in [6.45, 7) is 5.54. The van der Waals surface area contributed by atoms with E-state index in [1.165, 1.54) is 11.3 Å². The molecule has 7 nitrogen and oxygen atoms in total. The van der Waals surface area contributed by atoms with Crippen molar-refractivity contribution in [2.45, 2.75) is 20.8 Å². The Kier molecular flexibility index (Phi) is 3.99. The number of carbonyl (C=O) groups excluding carboxylic acids is 1. The van der Waals surface area contributed by atoms with E-state index in [0.29, 0.717) is 11.4 Å². The first-order valence-corrected chi connectivity index (χ1v) is 7.99. The molecule has 0 unspecified atom stereocenters. The summed E-state index contributed by atoms with van der Waals surface area (Å²) in [5.41, 5.74) is 1.52. The van der Waals surface area contributed by atoms with Crippen LogP contribution in [0.1, 0.15) is 19.7 Å². The van der Waals surface area contributed by atoms with Crippen molar-refractivity contribution < 1.29 is 9.53 Å². The van der Waals surface area contributed by atoms with Crippen LogP contribution in [0.25, 0.3) is 15.5 Å². The quantitative estimate of drug-likeness (QED) is 0.795. The van der Waals surface area contributed by atoms with Crippen molar-refractivity contribution in [2.24, 2.45) is 5.92 Å². The van der Waals surface area contributed by atoms with Gasteiger partial charge < -0.3 is 10.1 Å². The Morgan fingerprint density at radius 3 is 2.78 bits per heavy atom. The third-order valence-electron chi connectivity index (χ3n) is 3.38. The SMILES string of the molecule is COc1ccc(-c2nn3c(C)nnc3s2)cc1NC(=O)C(C)C. The van der Waals surface area contributed by atoms with E-state index in [4.69, 9.17) is 4.74 Å². The lowest BCUT2D eigenvalue weighted by Gasteiger charge is -2.12. The van der Waals surface area contributed by atoms with Crippen LogP contribution >= 0.6 is 11.3 Å². The first-order chi connectivity index (χ1) is 11.0. The fraction of sp³-hybridized carbons (Fsp3) is 0.333. The summed E-state index contributed by atoms with van der Waals surface area (Å²) in [5, 5.41) is 16.2. The molecule has 0 aliphatic heterocycles. The van der Waals surface area contributed by atoms with E-state index in [9.17, 15) is 4.79 Å². The zero-order valence-electron chi connectivity index (χ0n) is 13.3. The van der Waals surface area contributed by atoms with E-state index in [2.05, 4.69) is 20.6 Å². The molecule has 23 heavy (non-hydrogen) atoms. The summed E-state index contributed by atoms with van der Waals surface area (Å²) in [7, 11) is 1.58. The number of carbonyl (C=O) groups is 1. The predicted molar refractivity (Wildman–Crippen MR) is 88.9 cm³/mol. The van der Waals surface area contributed by atoms with Crippen LogP contribution in [0.15, 0.2) is 18.2 Å². The van der Waals surface area contributed by atoms with Crippen molar-refractivity contribution in [3.8, 4) is 16.3 Å². The maximum absolute atomic E-state index is 12.0. The first-order valence-electron chi connectivity index (χ1n) is 7.17. The normalized spacial score (nSPS) is 11.2. The average Bonchev–Trinajstić information content (AvgIpc) is 3.09. The van der Waals surface area contributed by atoms with Gasteiger partial charge in [-0.1, -0.05) is 25.2 Å². The molecule has 1 amide bonds. The Bertz CT molecular complexity index is 868. The molecule has 0 spiro atoms. The number of ether oxygens (including phenoxy) is 1. The number of amides is 1. The molecule has 8 heteroatoms. The van der Waals surface area contributed by atoms with Crippen molar-refractivity contribution in [2.75, 3.05) is 12.4 Å². The van der Waals surface area contributed by atoms with Crippen molar-refractivity contribution >= 4 is 27.9 Å². The van der Waals surface area contributed by atoms with Gasteiger partial charge in [-0.2, -0.15) is 9.61 Å². The molecule has 120 valence electrons. The average molecular weight is 331 g/mol. The molecule has 2 heterocycles. The van der Waals surface area contributed by atoms with Gasteiger partial charge in [-0.05, 0) is 25.1 Å². The van der Waals surface area contributed by atoms with Crippen molar-refractivity contribution in [1.29, 1.82) is 0 Å². The van der Waals surface area contributed by atoms with Crippen LogP contribution in [-0.4, -0.2) is 32.8 Å². The van der Waals surface area contributed by atoms with E-state index in [1.54, 1.807) is 11.6 Å². The van der Waals surface area contributed by atoms with Gasteiger partial charge in [-0.3, -0.25) is 4.79 Å². The number of aromatic nitrogens is 4. The Morgan fingerprint density at radius 1 is 1.35 bits per heavy atom. The Morgan fingerprint density at radius 2 is 2.13 bits per heavy atom. The monoisotopic (exact) mass is 331 g/mol. The first kappa shape index (κ1) is 15.4. The van der Waals surface area contributed by atoms with Gasteiger partial charge in [0, 0.05) is 11.5 Å². The highest BCUT2D eigenvalue weighted by atomic mass is 32.1. The standard InChI is InChI=1S/C15H17N5O2S/c1-8(2)13(21)16-11-7-10(5-6-12(11)22-4)14-19-20-9(3)17-18-15(20)23-14/h5-8H,1-4H3,(H,16,21). The van der Waals surface area contributed by atoms with Crippen LogP contribution in [0, 0.1) is 12.8 Å². The molecule has 1 N–H and O–H groups in total. The smallest absolute Gasteiger partial charge is 0.234 e. The summed E-state index contributed by atoms with van der Waals surface area (Å²) in [5.74, 6) is 1.18. The molecule has 0 aliphatic carbocycles. The lowest BCUT2D eigenvalue weighted by Crippen LogP contribution is -2.18. The zero-order valence-corrected chi connectivity index (χ0v) is 14.1. The van der Waals surface area contributed by atoms with Gasteiger partial charge in [0.05, 0.1) is 12.8 Å². The number of anilines is 1. The lowest BCUT2D eigenvalue weighted by molar-refractivity contribution is -0.118. The van der Waals surface area contributed by atoms with E-state index in [-0.39, 0.29) is 11.8 Å². The summed E-state index contributed by atoms with van der Waals surface area (Å²) in [4.78, 5) is 12.7. The van der Waals surface area contributed by atoms with Crippen LogP contribution in [0.2, 0.25) is 0 Å². The van der Waals surface area contributed by atoms with E-state index >= 15 is 0 Å². The molecular weight excluding hydrogens is 314 g/mol. The number of benzene rings is 1. The molecule has 3 rings (SSSR count). The fourth-order valence-corrected chi connectivity index (χ4v) is 2.93. The number of aryl methyl sites for hydroxylation is 1. The van der Waals surface area contributed by atoms with Gasteiger partial charge >= 0.3 is 0 Å². The number of methoxy groups -OCH3 is 1. The maximum atomic E-state index is 12.0. The maximum Gasteiger partial charge on any atom is 0.234 e. The number of hydrogen-bond acceptors (Lipinski definition) is 6. The van der Waals surface area contributed by atoms with Crippen LogP contribution in [0.3, 0.4) is 0 Å². The van der Waals surface area contributed by atoms with E-state index < -0.39 is 0 Å². The van der Waals surface area contributed by atoms with Gasteiger partial charge in [0.2, 0.25) is 10.9 Å². The minimum absolute atomic E-state index is 0.0607.